The van der Waals surface area contributed by atoms with Crippen molar-refractivity contribution in [1.82, 2.24) is 0 Å². The number of esters is 1. The van der Waals surface area contributed by atoms with Gasteiger partial charge in [-0.05, 0) is 32.1 Å². The first kappa shape index (κ1) is 14.9. The molecule has 0 bridgehead atoms. The van der Waals surface area contributed by atoms with Crippen molar-refractivity contribution in [3.05, 3.63) is 0 Å². The van der Waals surface area contributed by atoms with E-state index in [1.165, 1.54) is 6.92 Å². The first-order chi connectivity index (χ1) is 8.21. The maximum absolute atomic E-state index is 13.3. The zero-order chi connectivity index (χ0) is 14.0. The molecule has 6 heteroatoms. The second kappa shape index (κ2) is 5.20. The summed E-state index contributed by atoms with van der Waals surface area (Å²) in [4.78, 5) is 22.7. The van der Waals surface area contributed by atoms with E-state index in [0.29, 0.717) is 12.8 Å². The fourth-order valence-corrected chi connectivity index (χ4v) is 2.51. The molecule has 1 aliphatic carbocycles. The number of carboxylic acids is 1. The van der Waals surface area contributed by atoms with E-state index in [0.717, 1.165) is 7.11 Å². The number of carboxylic acid groups (broad SMARTS) is 1. The van der Waals surface area contributed by atoms with Crippen molar-refractivity contribution >= 4 is 11.9 Å². The van der Waals surface area contributed by atoms with Crippen LogP contribution in [0.3, 0.4) is 0 Å². The summed E-state index contributed by atoms with van der Waals surface area (Å²) in [5.41, 5.74) is -1.74. The van der Waals surface area contributed by atoms with Crippen molar-refractivity contribution in [3.8, 4) is 0 Å². The molecule has 2 atom stereocenters. The Bertz CT molecular complexity index is 343. The number of hydrogen-bond acceptors (Lipinski definition) is 3. The van der Waals surface area contributed by atoms with Gasteiger partial charge in [-0.2, -0.15) is 0 Å². The monoisotopic (exact) mass is 264 g/mol. The second-order valence-corrected chi connectivity index (χ2v) is 5.15. The minimum atomic E-state index is -2.75. The van der Waals surface area contributed by atoms with E-state index in [1.807, 2.05) is 0 Å². The zero-order valence-corrected chi connectivity index (χ0v) is 10.5. The highest BCUT2D eigenvalue weighted by Crippen LogP contribution is 2.42. The molecular weight excluding hydrogens is 246 g/mol. The SMILES string of the molecule is COC(=O)C(C)(CC1CCCC(F)(F)C1)C(=O)O. The summed E-state index contributed by atoms with van der Waals surface area (Å²) in [7, 11) is 1.10. The molecule has 1 fully saturated rings. The molecule has 0 aromatic rings. The van der Waals surface area contributed by atoms with Crippen LogP contribution in [0.2, 0.25) is 0 Å². The third-order valence-corrected chi connectivity index (χ3v) is 3.55. The number of carbonyl (C=O) groups excluding carboxylic acids is 1. The van der Waals surface area contributed by atoms with Gasteiger partial charge in [0.2, 0.25) is 5.92 Å². The summed E-state index contributed by atoms with van der Waals surface area (Å²) in [6.07, 6.45) is 0.257. The van der Waals surface area contributed by atoms with Gasteiger partial charge in [0.05, 0.1) is 7.11 Å². The third kappa shape index (κ3) is 3.17. The fourth-order valence-electron chi connectivity index (χ4n) is 2.51. The molecule has 0 aromatic carbocycles. The van der Waals surface area contributed by atoms with E-state index >= 15 is 0 Å². The Kier molecular flexibility index (Phi) is 4.29. The van der Waals surface area contributed by atoms with E-state index in [-0.39, 0.29) is 19.3 Å². The Hall–Kier alpha value is -1.20. The van der Waals surface area contributed by atoms with Crippen molar-refractivity contribution in [3.63, 3.8) is 0 Å². The van der Waals surface area contributed by atoms with Gasteiger partial charge in [-0.3, -0.25) is 9.59 Å². The summed E-state index contributed by atoms with van der Waals surface area (Å²) >= 11 is 0. The van der Waals surface area contributed by atoms with E-state index in [9.17, 15) is 18.4 Å². The smallest absolute Gasteiger partial charge is 0.322 e. The standard InChI is InChI=1S/C12H18F2O4/c1-11(9(15)16,10(17)18-2)6-8-4-3-5-12(13,14)7-8/h8H,3-7H2,1-2H3,(H,15,16). The van der Waals surface area contributed by atoms with E-state index in [2.05, 4.69) is 4.74 Å². The van der Waals surface area contributed by atoms with Gasteiger partial charge in [0, 0.05) is 12.8 Å². The molecule has 1 saturated carbocycles. The van der Waals surface area contributed by atoms with Gasteiger partial charge >= 0.3 is 11.9 Å². The zero-order valence-electron chi connectivity index (χ0n) is 10.5. The summed E-state index contributed by atoms with van der Waals surface area (Å²) in [5, 5.41) is 9.11. The summed E-state index contributed by atoms with van der Waals surface area (Å²) in [5.74, 6) is -5.43. The predicted molar refractivity (Wildman–Crippen MR) is 59.3 cm³/mol. The molecule has 0 radical (unpaired) electrons. The van der Waals surface area contributed by atoms with E-state index in [4.69, 9.17) is 5.11 Å². The largest absolute Gasteiger partial charge is 0.480 e. The lowest BCUT2D eigenvalue weighted by Gasteiger charge is -2.33. The predicted octanol–water partition coefficient (Wildman–Crippen LogP) is 2.47. The molecule has 1 N–H and O–H groups in total. The summed E-state index contributed by atoms with van der Waals surface area (Å²) in [6, 6.07) is 0. The highest BCUT2D eigenvalue weighted by atomic mass is 19.3. The average molecular weight is 264 g/mol. The van der Waals surface area contributed by atoms with Crippen LogP contribution in [-0.2, 0) is 14.3 Å². The van der Waals surface area contributed by atoms with Gasteiger partial charge in [0.1, 0.15) is 0 Å². The third-order valence-electron chi connectivity index (χ3n) is 3.55. The lowest BCUT2D eigenvalue weighted by atomic mass is 9.74. The molecule has 1 rings (SSSR count). The van der Waals surface area contributed by atoms with E-state index in [1.54, 1.807) is 0 Å². The van der Waals surface area contributed by atoms with Crippen molar-refractivity contribution in [2.45, 2.75) is 45.0 Å². The maximum Gasteiger partial charge on any atom is 0.322 e. The van der Waals surface area contributed by atoms with Crippen molar-refractivity contribution in [2.24, 2.45) is 11.3 Å². The molecule has 1 aliphatic rings. The van der Waals surface area contributed by atoms with Crippen molar-refractivity contribution in [2.75, 3.05) is 7.11 Å². The molecule has 0 amide bonds. The number of rotatable bonds is 4. The lowest BCUT2D eigenvalue weighted by molar-refractivity contribution is -0.168. The first-order valence-corrected chi connectivity index (χ1v) is 5.91. The van der Waals surface area contributed by atoms with Gasteiger partial charge in [0.15, 0.2) is 5.41 Å². The molecule has 4 nitrogen and oxygen atoms in total. The lowest BCUT2D eigenvalue weighted by Crippen LogP contribution is -2.41. The summed E-state index contributed by atoms with van der Waals surface area (Å²) in [6.45, 7) is 1.23. The number of aliphatic carboxylic acids is 1. The molecule has 0 saturated heterocycles. The highest BCUT2D eigenvalue weighted by Gasteiger charge is 2.47. The number of carbonyl (C=O) groups is 2. The van der Waals surface area contributed by atoms with Gasteiger partial charge in [0.25, 0.3) is 0 Å². The molecular formula is C12H18F2O4. The van der Waals surface area contributed by atoms with Crippen LogP contribution in [0.4, 0.5) is 8.78 Å². The van der Waals surface area contributed by atoms with Crippen LogP contribution in [0.1, 0.15) is 39.0 Å². The fraction of sp³-hybridized carbons (Fsp3) is 0.833. The van der Waals surface area contributed by atoms with Gasteiger partial charge in [-0.25, -0.2) is 8.78 Å². The topological polar surface area (TPSA) is 63.6 Å². The molecule has 2 unspecified atom stereocenters. The minimum Gasteiger partial charge on any atom is -0.480 e. The van der Waals surface area contributed by atoms with Crippen LogP contribution in [0.15, 0.2) is 0 Å². The Balaban J connectivity index is 2.79. The molecule has 0 heterocycles. The van der Waals surface area contributed by atoms with Crippen LogP contribution in [0, 0.1) is 11.3 Å². The number of ether oxygens (including phenoxy) is 1. The molecule has 18 heavy (non-hydrogen) atoms. The highest BCUT2D eigenvalue weighted by molar-refractivity contribution is 5.98. The Morgan fingerprint density at radius 3 is 2.56 bits per heavy atom. The molecule has 0 aromatic heterocycles. The van der Waals surface area contributed by atoms with Crippen LogP contribution in [0.5, 0.6) is 0 Å². The number of halogens is 2. The average Bonchev–Trinajstić information content (AvgIpc) is 2.26. The maximum atomic E-state index is 13.3. The molecule has 0 spiro atoms. The number of hydrogen-bond donors (Lipinski definition) is 1. The van der Waals surface area contributed by atoms with Crippen molar-refractivity contribution in [1.29, 1.82) is 0 Å². The second-order valence-electron chi connectivity index (χ2n) is 5.15. The van der Waals surface area contributed by atoms with Crippen LogP contribution in [-0.4, -0.2) is 30.1 Å². The number of methoxy groups -OCH3 is 1. The van der Waals surface area contributed by atoms with Gasteiger partial charge in [-0.1, -0.05) is 0 Å². The Labute approximate surface area is 104 Å². The minimum absolute atomic E-state index is 0.107. The molecule has 0 aliphatic heterocycles. The van der Waals surface area contributed by atoms with Gasteiger partial charge < -0.3 is 9.84 Å². The van der Waals surface area contributed by atoms with Gasteiger partial charge in [-0.15, -0.1) is 0 Å². The Morgan fingerprint density at radius 2 is 2.11 bits per heavy atom. The van der Waals surface area contributed by atoms with Crippen LogP contribution < -0.4 is 0 Å². The van der Waals surface area contributed by atoms with Crippen molar-refractivity contribution < 1.29 is 28.2 Å². The quantitative estimate of drug-likeness (QED) is 0.625. The number of alkyl halides is 2. The van der Waals surface area contributed by atoms with Crippen LogP contribution >= 0.6 is 0 Å². The summed E-state index contributed by atoms with van der Waals surface area (Å²) < 4.78 is 31.0. The van der Waals surface area contributed by atoms with E-state index < -0.39 is 29.2 Å². The Morgan fingerprint density at radius 1 is 1.50 bits per heavy atom. The normalized spacial score (nSPS) is 26.1. The first-order valence-electron chi connectivity index (χ1n) is 5.91. The van der Waals surface area contributed by atoms with Crippen LogP contribution in [0.25, 0.3) is 0 Å². The molecule has 104 valence electrons.